The zero-order valence-electron chi connectivity index (χ0n) is 11.4. The fourth-order valence-corrected chi connectivity index (χ4v) is 3.29. The Labute approximate surface area is 123 Å². The summed E-state index contributed by atoms with van der Waals surface area (Å²) in [6.07, 6.45) is 0.861. The molecule has 1 heterocycles. The Bertz CT molecular complexity index is 553. The maximum Gasteiger partial charge on any atom is 0.122 e. The third-order valence-corrected chi connectivity index (χ3v) is 4.47. The summed E-state index contributed by atoms with van der Waals surface area (Å²) < 4.78 is 5.40. The van der Waals surface area contributed by atoms with Gasteiger partial charge in [-0.2, -0.15) is 0 Å². The van der Waals surface area contributed by atoms with Gasteiger partial charge in [0.15, 0.2) is 0 Å². The second-order valence-electron chi connectivity index (χ2n) is 4.45. The van der Waals surface area contributed by atoms with Gasteiger partial charge < -0.3 is 10.1 Å². The van der Waals surface area contributed by atoms with Crippen LogP contribution in [0.15, 0.2) is 30.3 Å². The van der Waals surface area contributed by atoms with E-state index in [1.807, 2.05) is 36.6 Å². The first-order valence-corrected chi connectivity index (χ1v) is 7.39. The Morgan fingerprint density at radius 1 is 1.32 bits per heavy atom. The Morgan fingerprint density at radius 2 is 2.11 bits per heavy atom. The Kier molecular flexibility index (Phi) is 4.86. The Balaban J connectivity index is 2.25. The van der Waals surface area contributed by atoms with Gasteiger partial charge in [-0.3, -0.25) is 0 Å². The Hall–Kier alpha value is -1.03. The number of methoxy groups -OCH3 is 1. The van der Waals surface area contributed by atoms with E-state index < -0.39 is 0 Å². The van der Waals surface area contributed by atoms with Crippen LogP contribution >= 0.6 is 22.9 Å². The lowest BCUT2D eigenvalue weighted by Crippen LogP contribution is -2.18. The van der Waals surface area contributed by atoms with Crippen molar-refractivity contribution in [2.45, 2.75) is 19.4 Å². The standard InChI is InChI=1S/C15H18ClNOS/c1-10-4-7-15(19-10)13(17-2)9-11-8-12(16)5-6-14(11)18-3/h4-8,13,17H,9H2,1-3H3. The van der Waals surface area contributed by atoms with Crippen LogP contribution in [0.25, 0.3) is 0 Å². The first-order valence-electron chi connectivity index (χ1n) is 6.20. The predicted molar refractivity (Wildman–Crippen MR) is 82.6 cm³/mol. The van der Waals surface area contributed by atoms with E-state index in [0.717, 1.165) is 22.8 Å². The second kappa shape index (κ2) is 6.42. The minimum absolute atomic E-state index is 0.283. The van der Waals surface area contributed by atoms with Crippen LogP contribution in [-0.2, 0) is 6.42 Å². The molecule has 0 aliphatic rings. The third kappa shape index (κ3) is 3.50. The summed E-state index contributed by atoms with van der Waals surface area (Å²) >= 11 is 7.90. The fourth-order valence-electron chi connectivity index (χ4n) is 2.11. The minimum atomic E-state index is 0.283. The minimum Gasteiger partial charge on any atom is -0.496 e. The van der Waals surface area contributed by atoms with Gasteiger partial charge in [0.2, 0.25) is 0 Å². The summed E-state index contributed by atoms with van der Waals surface area (Å²) in [5.41, 5.74) is 1.13. The largest absolute Gasteiger partial charge is 0.496 e. The number of nitrogens with one attached hydrogen (secondary N) is 1. The molecule has 2 rings (SSSR count). The first kappa shape index (κ1) is 14.4. The van der Waals surface area contributed by atoms with Gasteiger partial charge in [0.1, 0.15) is 5.75 Å². The van der Waals surface area contributed by atoms with Gasteiger partial charge in [-0.05, 0) is 56.3 Å². The van der Waals surface area contributed by atoms with Gasteiger partial charge >= 0.3 is 0 Å². The van der Waals surface area contributed by atoms with Gasteiger partial charge in [0, 0.05) is 20.8 Å². The van der Waals surface area contributed by atoms with Gasteiger partial charge in [-0.15, -0.1) is 11.3 Å². The van der Waals surface area contributed by atoms with E-state index in [0.29, 0.717) is 0 Å². The monoisotopic (exact) mass is 295 g/mol. The van der Waals surface area contributed by atoms with Crippen molar-refractivity contribution in [3.63, 3.8) is 0 Å². The molecule has 2 nitrogen and oxygen atoms in total. The SMILES string of the molecule is CNC(Cc1cc(Cl)ccc1OC)c1ccc(C)s1. The second-order valence-corrected chi connectivity index (χ2v) is 6.21. The zero-order valence-corrected chi connectivity index (χ0v) is 12.9. The molecule has 1 aromatic heterocycles. The fraction of sp³-hybridized carbons (Fsp3) is 0.333. The molecule has 102 valence electrons. The number of ether oxygens (including phenoxy) is 1. The van der Waals surface area contributed by atoms with Crippen molar-refractivity contribution in [2.75, 3.05) is 14.2 Å². The number of benzene rings is 1. The van der Waals surface area contributed by atoms with Crippen molar-refractivity contribution in [3.8, 4) is 5.75 Å². The van der Waals surface area contributed by atoms with Crippen molar-refractivity contribution in [2.24, 2.45) is 0 Å². The molecule has 0 bridgehead atoms. The normalized spacial score (nSPS) is 12.4. The molecule has 0 aliphatic carbocycles. The molecule has 0 aliphatic heterocycles. The lowest BCUT2D eigenvalue weighted by molar-refractivity contribution is 0.406. The van der Waals surface area contributed by atoms with Crippen LogP contribution in [-0.4, -0.2) is 14.2 Å². The van der Waals surface area contributed by atoms with E-state index in [2.05, 4.69) is 24.4 Å². The average molecular weight is 296 g/mol. The third-order valence-electron chi connectivity index (χ3n) is 3.12. The highest BCUT2D eigenvalue weighted by atomic mass is 35.5. The number of rotatable bonds is 5. The smallest absolute Gasteiger partial charge is 0.122 e. The number of aryl methyl sites for hydroxylation is 1. The highest BCUT2D eigenvalue weighted by Gasteiger charge is 2.15. The average Bonchev–Trinajstić information content (AvgIpc) is 2.82. The number of hydrogen-bond donors (Lipinski definition) is 1. The van der Waals surface area contributed by atoms with Crippen molar-refractivity contribution >= 4 is 22.9 Å². The molecular weight excluding hydrogens is 278 g/mol. The van der Waals surface area contributed by atoms with Crippen LogP contribution in [0.2, 0.25) is 5.02 Å². The van der Waals surface area contributed by atoms with Crippen LogP contribution in [0.5, 0.6) is 5.75 Å². The summed E-state index contributed by atoms with van der Waals surface area (Å²) in [6, 6.07) is 10.4. The predicted octanol–water partition coefficient (Wildman–Crippen LogP) is 4.22. The molecular formula is C15H18ClNOS. The highest BCUT2D eigenvalue weighted by molar-refractivity contribution is 7.12. The van der Waals surface area contributed by atoms with E-state index in [-0.39, 0.29) is 6.04 Å². The van der Waals surface area contributed by atoms with Gasteiger partial charge in [-0.1, -0.05) is 11.6 Å². The molecule has 0 saturated carbocycles. The summed E-state index contributed by atoms with van der Waals surface area (Å²) in [7, 11) is 3.67. The molecule has 1 N–H and O–H groups in total. The summed E-state index contributed by atoms with van der Waals surface area (Å²) in [5, 5.41) is 4.11. The highest BCUT2D eigenvalue weighted by Crippen LogP contribution is 2.30. The van der Waals surface area contributed by atoms with E-state index in [9.17, 15) is 0 Å². The number of hydrogen-bond acceptors (Lipinski definition) is 3. The van der Waals surface area contributed by atoms with Crippen molar-refractivity contribution < 1.29 is 4.74 Å². The molecule has 1 aromatic carbocycles. The molecule has 0 spiro atoms. The van der Waals surface area contributed by atoms with Crippen molar-refractivity contribution in [1.82, 2.24) is 5.32 Å². The lowest BCUT2D eigenvalue weighted by Gasteiger charge is -2.17. The number of thiophene rings is 1. The first-order chi connectivity index (χ1) is 9.13. The van der Waals surface area contributed by atoms with Crippen LogP contribution in [0.3, 0.4) is 0 Å². The molecule has 0 saturated heterocycles. The van der Waals surface area contributed by atoms with E-state index in [1.54, 1.807) is 7.11 Å². The summed E-state index contributed by atoms with van der Waals surface area (Å²) in [6.45, 7) is 2.13. The quantitative estimate of drug-likeness (QED) is 0.891. The zero-order chi connectivity index (χ0) is 13.8. The van der Waals surface area contributed by atoms with Crippen molar-refractivity contribution in [3.05, 3.63) is 50.7 Å². The van der Waals surface area contributed by atoms with Crippen LogP contribution in [0.1, 0.15) is 21.4 Å². The molecule has 0 fully saturated rings. The van der Waals surface area contributed by atoms with Crippen molar-refractivity contribution in [1.29, 1.82) is 0 Å². The maximum atomic E-state index is 6.08. The van der Waals surface area contributed by atoms with Crippen LogP contribution in [0.4, 0.5) is 0 Å². The number of likely N-dealkylation sites (N-methyl/N-ethyl adjacent to an activating group) is 1. The number of halogens is 1. The molecule has 0 amide bonds. The summed E-state index contributed by atoms with van der Waals surface area (Å²) in [5.74, 6) is 0.887. The van der Waals surface area contributed by atoms with E-state index in [4.69, 9.17) is 16.3 Å². The van der Waals surface area contributed by atoms with Crippen LogP contribution < -0.4 is 10.1 Å². The Morgan fingerprint density at radius 3 is 2.68 bits per heavy atom. The topological polar surface area (TPSA) is 21.3 Å². The molecule has 19 heavy (non-hydrogen) atoms. The lowest BCUT2D eigenvalue weighted by atomic mass is 10.0. The van der Waals surface area contributed by atoms with E-state index >= 15 is 0 Å². The maximum absolute atomic E-state index is 6.08. The molecule has 4 heteroatoms. The van der Waals surface area contributed by atoms with Gasteiger partial charge in [0.05, 0.1) is 7.11 Å². The van der Waals surface area contributed by atoms with E-state index in [1.165, 1.54) is 9.75 Å². The molecule has 1 atom stereocenters. The molecule has 0 radical (unpaired) electrons. The van der Waals surface area contributed by atoms with Gasteiger partial charge in [0.25, 0.3) is 0 Å². The molecule has 1 unspecified atom stereocenters. The molecule has 2 aromatic rings. The summed E-state index contributed by atoms with van der Waals surface area (Å²) in [4.78, 5) is 2.66. The van der Waals surface area contributed by atoms with Gasteiger partial charge in [-0.25, -0.2) is 0 Å². The van der Waals surface area contributed by atoms with Crippen LogP contribution in [0, 0.1) is 6.92 Å².